The van der Waals surface area contributed by atoms with Crippen LogP contribution in [0.25, 0.3) is 0 Å². The first-order chi connectivity index (χ1) is 5.38. The molecular formula is C8H10N2O. The molecule has 3 nitrogen and oxygen atoms in total. The Morgan fingerprint density at radius 2 is 2.00 bits per heavy atom. The number of para-hydroxylation sites is 1. The summed E-state index contributed by atoms with van der Waals surface area (Å²) in [6.45, 7) is 0. The molecule has 1 N–H and O–H groups in total. The topological polar surface area (TPSA) is 32.3 Å². The standard InChI is InChI=1S/C8H10N2O/c1-9-10(7-11)8-5-3-2-4-6-8/h2-7,9H,1H3. The molecule has 0 aliphatic rings. The lowest BCUT2D eigenvalue weighted by Crippen LogP contribution is -2.33. The fourth-order valence-corrected chi connectivity index (χ4v) is 0.831. The molecule has 0 aromatic heterocycles. The molecule has 0 spiro atoms. The van der Waals surface area contributed by atoms with E-state index in [9.17, 15) is 4.79 Å². The molecule has 1 rings (SSSR count). The minimum absolute atomic E-state index is 0.731. The van der Waals surface area contributed by atoms with Crippen molar-refractivity contribution in [3.05, 3.63) is 30.3 Å². The third kappa shape index (κ3) is 1.78. The molecule has 0 unspecified atom stereocenters. The van der Waals surface area contributed by atoms with Crippen molar-refractivity contribution in [2.75, 3.05) is 12.1 Å². The van der Waals surface area contributed by atoms with Crippen LogP contribution in [0.5, 0.6) is 0 Å². The lowest BCUT2D eigenvalue weighted by Gasteiger charge is -2.14. The summed E-state index contributed by atoms with van der Waals surface area (Å²) in [5.41, 5.74) is 3.57. The third-order valence-electron chi connectivity index (χ3n) is 1.38. The van der Waals surface area contributed by atoms with Crippen LogP contribution in [0, 0.1) is 0 Å². The van der Waals surface area contributed by atoms with E-state index in [1.165, 1.54) is 5.01 Å². The van der Waals surface area contributed by atoms with Crippen LogP contribution in [-0.2, 0) is 4.79 Å². The second-order valence-electron chi connectivity index (χ2n) is 2.03. The zero-order valence-corrected chi connectivity index (χ0v) is 6.32. The number of nitrogens with zero attached hydrogens (tertiary/aromatic N) is 1. The Balaban J connectivity index is 2.82. The molecule has 0 fully saturated rings. The molecule has 58 valence electrons. The molecule has 0 aliphatic heterocycles. The van der Waals surface area contributed by atoms with Crippen LogP contribution in [0.3, 0.4) is 0 Å². The van der Waals surface area contributed by atoms with Crippen LogP contribution < -0.4 is 10.4 Å². The lowest BCUT2D eigenvalue weighted by molar-refractivity contribution is -0.107. The Kier molecular flexibility index (Phi) is 2.63. The van der Waals surface area contributed by atoms with Crippen molar-refractivity contribution in [3.63, 3.8) is 0 Å². The number of carbonyl (C=O) groups excluding carboxylic acids is 1. The normalized spacial score (nSPS) is 9.18. The number of anilines is 1. The molecule has 0 radical (unpaired) electrons. The monoisotopic (exact) mass is 150 g/mol. The Morgan fingerprint density at radius 3 is 2.45 bits per heavy atom. The van der Waals surface area contributed by atoms with Gasteiger partial charge in [-0.2, -0.15) is 0 Å². The van der Waals surface area contributed by atoms with Gasteiger partial charge >= 0.3 is 0 Å². The van der Waals surface area contributed by atoms with Crippen molar-refractivity contribution in [2.45, 2.75) is 0 Å². The highest BCUT2D eigenvalue weighted by Crippen LogP contribution is 2.07. The maximum atomic E-state index is 10.4. The minimum Gasteiger partial charge on any atom is -0.277 e. The Bertz CT molecular complexity index is 223. The predicted octanol–water partition coefficient (Wildman–Crippen LogP) is 0.784. The molecular weight excluding hydrogens is 140 g/mol. The number of benzene rings is 1. The van der Waals surface area contributed by atoms with Crippen LogP contribution in [0.4, 0.5) is 5.69 Å². The molecule has 1 aromatic carbocycles. The van der Waals surface area contributed by atoms with E-state index < -0.39 is 0 Å². The van der Waals surface area contributed by atoms with E-state index in [2.05, 4.69) is 5.43 Å². The molecule has 1 aromatic rings. The fraction of sp³-hybridized carbons (Fsp3) is 0.125. The smallest absolute Gasteiger partial charge is 0.228 e. The van der Waals surface area contributed by atoms with Crippen LogP contribution >= 0.6 is 0 Å². The van der Waals surface area contributed by atoms with Gasteiger partial charge in [-0.25, -0.2) is 10.4 Å². The van der Waals surface area contributed by atoms with E-state index in [0.717, 1.165) is 12.1 Å². The van der Waals surface area contributed by atoms with E-state index in [4.69, 9.17) is 0 Å². The summed E-state index contributed by atoms with van der Waals surface area (Å²) >= 11 is 0. The third-order valence-corrected chi connectivity index (χ3v) is 1.38. The van der Waals surface area contributed by atoms with Gasteiger partial charge in [0, 0.05) is 7.05 Å². The van der Waals surface area contributed by atoms with Crippen molar-refractivity contribution in [1.29, 1.82) is 0 Å². The first-order valence-corrected chi connectivity index (χ1v) is 3.35. The molecule has 0 saturated heterocycles. The zero-order valence-electron chi connectivity index (χ0n) is 6.32. The second kappa shape index (κ2) is 3.73. The summed E-state index contributed by atoms with van der Waals surface area (Å²) in [5.74, 6) is 0. The van der Waals surface area contributed by atoms with Crippen molar-refractivity contribution in [2.24, 2.45) is 0 Å². The molecule has 0 atom stereocenters. The summed E-state index contributed by atoms with van der Waals surface area (Å²) in [5, 5.41) is 1.40. The SMILES string of the molecule is CNN(C=O)c1ccccc1. The van der Waals surface area contributed by atoms with E-state index in [1.807, 2.05) is 30.3 Å². The van der Waals surface area contributed by atoms with Crippen LogP contribution in [0.15, 0.2) is 30.3 Å². The minimum atomic E-state index is 0.731. The highest BCUT2D eigenvalue weighted by atomic mass is 16.1. The number of nitrogens with one attached hydrogen (secondary N) is 1. The zero-order chi connectivity index (χ0) is 8.10. The molecule has 11 heavy (non-hydrogen) atoms. The first-order valence-electron chi connectivity index (χ1n) is 3.35. The summed E-state index contributed by atoms with van der Waals surface area (Å²) in [7, 11) is 1.70. The Morgan fingerprint density at radius 1 is 1.36 bits per heavy atom. The lowest BCUT2D eigenvalue weighted by atomic mass is 10.3. The van der Waals surface area contributed by atoms with Gasteiger partial charge in [0.1, 0.15) is 0 Å². The molecule has 0 saturated carbocycles. The van der Waals surface area contributed by atoms with Gasteiger partial charge < -0.3 is 0 Å². The van der Waals surface area contributed by atoms with Gasteiger partial charge in [-0.15, -0.1) is 0 Å². The maximum absolute atomic E-state index is 10.4. The van der Waals surface area contributed by atoms with Gasteiger partial charge in [-0.1, -0.05) is 18.2 Å². The van der Waals surface area contributed by atoms with Gasteiger partial charge in [0.15, 0.2) is 0 Å². The second-order valence-corrected chi connectivity index (χ2v) is 2.03. The molecule has 3 heteroatoms. The van der Waals surface area contributed by atoms with E-state index in [0.29, 0.717) is 0 Å². The Labute approximate surface area is 65.6 Å². The predicted molar refractivity (Wildman–Crippen MR) is 44.0 cm³/mol. The van der Waals surface area contributed by atoms with Gasteiger partial charge in [-0.3, -0.25) is 4.79 Å². The van der Waals surface area contributed by atoms with E-state index in [-0.39, 0.29) is 0 Å². The maximum Gasteiger partial charge on any atom is 0.228 e. The van der Waals surface area contributed by atoms with Crippen molar-refractivity contribution in [3.8, 4) is 0 Å². The number of hydrogen-bond acceptors (Lipinski definition) is 2. The number of carbonyl (C=O) groups is 1. The number of amides is 1. The molecule has 1 amide bonds. The van der Waals surface area contributed by atoms with Gasteiger partial charge in [-0.05, 0) is 12.1 Å². The summed E-state index contributed by atoms with van der Waals surface area (Å²) < 4.78 is 0. The molecule has 0 aliphatic carbocycles. The highest BCUT2D eigenvalue weighted by Gasteiger charge is 1.98. The summed E-state index contributed by atoms with van der Waals surface area (Å²) in [6, 6.07) is 9.37. The first kappa shape index (κ1) is 7.75. The van der Waals surface area contributed by atoms with Gasteiger partial charge in [0.05, 0.1) is 5.69 Å². The number of hydrogen-bond donors (Lipinski definition) is 1. The van der Waals surface area contributed by atoms with Gasteiger partial charge in [0.2, 0.25) is 6.41 Å². The largest absolute Gasteiger partial charge is 0.277 e. The number of rotatable bonds is 3. The van der Waals surface area contributed by atoms with Crippen LogP contribution in [0.1, 0.15) is 0 Å². The van der Waals surface area contributed by atoms with Crippen LogP contribution in [0.2, 0.25) is 0 Å². The fourth-order valence-electron chi connectivity index (χ4n) is 0.831. The molecule has 0 heterocycles. The van der Waals surface area contributed by atoms with Gasteiger partial charge in [0.25, 0.3) is 0 Å². The van der Waals surface area contributed by atoms with Crippen molar-refractivity contribution in [1.82, 2.24) is 5.43 Å². The summed E-state index contributed by atoms with van der Waals surface area (Å²) in [4.78, 5) is 10.4. The summed E-state index contributed by atoms with van der Waals surface area (Å²) in [6.07, 6.45) is 0.731. The van der Waals surface area contributed by atoms with Crippen molar-refractivity contribution < 1.29 is 4.79 Å². The average Bonchev–Trinajstić information content (AvgIpc) is 2.09. The van der Waals surface area contributed by atoms with E-state index >= 15 is 0 Å². The van der Waals surface area contributed by atoms with E-state index in [1.54, 1.807) is 7.05 Å². The van der Waals surface area contributed by atoms with Crippen LogP contribution in [-0.4, -0.2) is 13.5 Å². The Hall–Kier alpha value is -1.35. The van der Waals surface area contributed by atoms with Crippen molar-refractivity contribution >= 4 is 12.1 Å². The number of hydrazine groups is 1. The molecule has 0 bridgehead atoms. The average molecular weight is 150 g/mol. The highest BCUT2D eigenvalue weighted by molar-refractivity contribution is 5.73. The quantitative estimate of drug-likeness (QED) is 0.510.